The second-order valence-corrected chi connectivity index (χ2v) is 9.13. The molecule has 0 atom stereocenters. The van der Waals surface area contributed by atoms with Gasteiger partial charge >= 0.3 is 0 Å². The van der Waals surface area contributed by atoms with Crippen molar-refractivity contribution in [2.45, 2.75) is 50.0 Å². The van der Waals surface area contributed by atoms with Crippen molar-refractivity contribution in [3.63, 3.8) is 0 Å². The highest BCUT2D eigenvalue weighted by Gasteiger charge is 2.30. The molecule has 1 aliphatic heterocycles. The van der Waals surface area contributed by atoms with Crippen LogP contribution >= 0.6 is 0 Å². The molecular weight excluding hydrogens is 366 g/mol. The maximum Gasteiger partial charge on any atom is 0.251 e. The van der Waals surface area contributed by atoms with Gasteiger partial charge in [-0.05, 0) is 49.9 Å². The molecular formula is C19H27N3O4S. The zero-order chi connectivity index (χ0) is 19.4. The molecule has 148 valence electrons. The molecule has 0 radical (unpaired) electrons. The summed E-state index contributed by atoms with van der Waals surface area (Å²) in [6.45, 7) is 3.52. The largest absolute Gasteiger partial charge is 0.350 e. The van der Waals surface area contributed by atoms with Crippen LogP contribution in [0.3, 0.4) is 0 Å². The van der Waals surface area contributed by atoms with Crippen LogP contribution in [0, 0.1) is 0 Å². The number of sulfonamides is 1. The first-order chi connectivity index (χ1) is 12.9. The van der Waals surface area contributed by atoms with E-state index in [-0.39, 0.29) is 16.7 Å². The van der Waals surface area contributed by atoms with Gasteiger partial charge in [-0.25, -0.2) is 8.42 Å². The summed E-state index contributed by atoms with van der Waals surface area (Å²) >= 11 is 0. The highest BCUT2D eigenvalue weighted by molar-refractivity contribution is 7.89. The summed E-state index contributed by atoms with van der Waals surface area (Å²) in [5.41, 5.74) is 0.411. The van der Waals surface area contributed by atoms with Crippen LogP contribution in [-0.4, -0.2) is 61.7 Å². The molecule has 1 N–H and O–H groups in total. The molecule has 1 aromatic carbocycles. The maximum absolute atomic E-state index is 12.6. The number of nitrogens with one attached hydrogen (secondary N) is 1. The van der Waals surface area contributed by atoms with E-state index in [0.717, 1.165) is 32.1 Å². The van der Waals surface area contributed by atoms with Gasteiger partial charge < -0.3 is 10.2 Å². The van der Waals surface area contributed by atoms with Crippen LogP contribution < -0.4 is 5.32 Å². The third-order valence-electron chi connectivity index (χ3n) is 5.10. The third-order valence-corrected chi connectivity index (χ3v) is 7.01. The monoisotopic (exact) mass is 393 g/mol. The highest BCUT2D eigenvalue weighted by Crippen LogP contribution is 2.26. The number of amides is 2. The number of nitrogens with zero attached hydrogens (tertiary/aromatic N) is 2. The topological polar surface area (TPSA) is 86.8 Å². The predicted molar refractivity (Wildman–Crippen MR) is 102 cm³/mol. The second-order valence-electron chi connectivity index (χ2n) is 7.19. The van der Waals surface area contributed by atoms with Crippen molar-refractivity contribution in [1.29, 1.82) is 0 Å². The number of piperidine rings is 1. The molecule has 1 aliphatic carbocycles. The summed E-state index contributed by atoms with van der Waals surface area (Å²) in [7, 11) is -3.49. The lowest BCUT2D eigenvalue weighted by Crippen LogP contribution is -2.38. The van der Waals surface area contributed by atoms with Crippen LogP contribution in [-0.2, 0) is 14.8 Å². The fourth-order valence-corrected chi connectivity index (χ4v) is 4.92. The number of benzene rings is 1. The smallest absolute Gasteiger partial charge is 0.251 e. The van der Waals surface area contributed by atoms with E-state index in [0.29, 0.717) is 37.8 Å². The summed E-state index contributed by atoms with van der Waals surface area (Å²) in [6.07, 6.45) is 4.89. The lowest BCUT2D eigenvalue weighted by molar-refractivity contribution is -0.129. The first-order valence-corrected chi connectivity index (χ1v) is 11.0. The molecule has 0 bridgehead atoms. The first-order valence-electron chi connectivity index (χ1n) is 9.55. The van der Waals surface area contributed by atoms with Crippen molar-refractivity contribution >= 4 is 21.8 Å². The third kappa shape index (κ3) is 4.87. The molecule has 0 aromatic heterocycles. The molecule has 0 unspecified atom stereocenters. The standard InChI is InChI=1S/C19H27N3O4S/c1-15(23)22(17-7-8-17)14-11-20-19(24)16-5-9-18(10-6-16)27(25,26)21-12-3-2-4-13-21/h5-6,9-10,17H,2-4,7-8,11-14H2,1H3,(H,20,24). The maximum atomic E-state index is 12.6. The van der Waals surface area contributed by atoms with Crippen LogP contribution in [0.25, 0.3) is 0 Å². The van der Waals surface area contributed by atoms with Crippen LogP contribution in [0.2, 0.25) is 0 Å². The molecule has 1 saturated carbocycles. The number of rotatable bonds is 7. The average Bonchev–Trinajstić information content (AvgIpc) is 3.50. The van der Waals surface area contributed by atoms with Crippen molar-refractivity contribution < 1.29 is 18.0 Å². The van der Waals surface area contributed by atoms with E-state index in [9.17, 15) is 18.0 Å². The lowest BCUT2D eigenvalue weighted by Gasteiger charge is -2.25. The van der Waals surface area contributed by atoms with Gasteiger partial charge in [-0.2, -0.15) is 4.31 Å². The molecule has 1 saturated heterocycles. The number of carbonyl (C=O) groups is 2. The highest BCUT2D eigenvalue weighted by atomic mass is 32.2. The van der Waals surface area contributed by atoms with Crippen LogP contribution in [0.5, 0.6) is 0 Å². The molecule has 2 fully saturated rings. The molecule has 27 heavy (non-hydrogen) atoms. The summed E-state index contributed by atoms with van der Waals surface area (Å²) in [6, 6.07) is 6.38. The Bertz CT molecular complexity index is 782. The zero-order valence-corrected chi connectivity index (χ0v) is 16.5. The minimum atomic E-state index is -3.49. The van der Waals surface area contributed by atoms with E-state index in [2.05, 4.69) is 5.32 Å². The Labute approximate surface area is 160 Å². The second kappa shape index (κ2) is 8.39. The Morgan fingerprint density at radius 1 is 1.11 bits per heavy atom. The summed E-state index contributed by atoms with van der Waals surface area (Å²) in [5.74, 6) is -0.241. The van der Waals surface area contributed by atoms with Gasteiger partial charge in [-0.1, -0.05) is 6.42 Å². The zero-order valence-electron chi connectivity index (χ0n) is 15.7. The molecule has 2 aliphatic rings. The van der Waals surface area contributed by atoms with E-state index >= 15 is 0 Å². The van der Waals surface area contributed by atoms with Crippen molar-refractivity contribution in [1.82, 2.24) is 14.5 Å². The van der Waals surface area contributed by atoms with Gasteiger partial charge in [0.1, 0.15) is 0 Å². The van der Waals surface area contributed by atoms with E-state index < -0.39 is 10.0 Å². The Hall–Kier alpha value is -1.93. The van der Waals surface area contributed by atoms with Gasteiger partial charge in [0.25, 0.3) is 5.91 Å². The lowest BCUT2D eigenvalue weighted by atomic mass is 10.2. The van der Waals surface area contributed by atoms with Crippen molar-refractivity contribution in [3.05, 3.63) is 29.8 Å². The molecule has 1 heterocycles. The van der Waals surface area contributed by atoms with Gasteiger partial charge in [0, 0.05) is 44.7 Å². The van der Waals surface area contributed by atoms with Gasteiger partial charge in [0.2, 0.25) is 15.9 Å². The van der Waals surface area contributed by atoms with Gasteiger partial charge in [-0.3, -0.25) is 9.59 Å². The van der Waals surface area contributed by atoms with Gasteiger partial charge in [0.05, 0.1) is 4.90 Å². The Kier molecular flexibility index (Phi) is 6.16. The number of hydrogen-bond acceptors (Lipinski definition) is 4. The quantitative estimate of drug-likeness (QED) is 0.762. The minimum Gasteiger partial charge on any atom is -0.350 e. The fraction of sp³-hybridized carbons (Fsp3) is 0.579. The van der Waals surface area contributed by atoms with E-state index in [1.54, 1.807) is 11.8 Å². The van der Waals surface area contributed by atoms with Crippen molar-refractivity contribution in [2.75, 3.05) is 26.2 Å². The normalized spacial score (nSPS) is 18.1. The molecule has 0 spiro atoms. The summed E-state index contributed by atoms with van der Waals surface area (Å²) in [4.78, 5) is 25.9. The van der Waals surface area contributed by atoms with Crippen LogP contribution in [0.1, 0.15) is 49.4 Å². The van der Waals surface area contributed by atoms with E-state index in [1.807, 2.05) is 0 Å². The number of carbonyl (C=O) groups excluding carboxylic acids is 2. The number of hydrogen-bond donors (Lipinski definition) is 1. The average molecular weight is 394 g/mol. The van der Waals surface area contributed by atoms with Gasteiger partial charge in [-0.15, -0.1) is 0 Å². The molecule has 3 rings (SSSR count). The van der Waals surface area contributed by atoms with Crippen molar-refractivity contribution in [3.8, 4) is 0 Å². The fourth-order valence-electron chi connectivity index (χ4n) is 3.41. The molecule has 8 heteroatoms. The molecule has 2 amide bonds. The first kappa shape index (κ1) is 19.8. The minimum absolute atomic E-state index is 0.0269. The van der Waals surface area contributed by atoms with Crippen LogP contribution in [0.15, 0.2) is 29.2 Å². The van der Waals surface area contributed by atoms with Crippen molar-refractivity contribution in [2.24, 2.45) is 0 Å². The molecule has 7 nitrogen and oxygen atoms in total. The Morgan fingerprint density at radius 3 is 2.30 bits per heavy atom. The predicted octanol–water partition coefficient (Wildman–Crippen LogP) is 1.60. The van der Waals surface area contributed by atoms with Gasteiger partial charge in [0.15, 0.2) is 0 Å². The van der Waals surface area contributed by atoms with E-state index in [4.69, 9.17) is 0 Å². The Morgan fingerprint density at radius 2 is 1.74 bits per heavy atom. The Balaban J connectivity index is 1.56. The van der Waals surface area contributed by atoms with Crippen LogP contribution in [0.4, 0.5) is 0 Å². The summed E-state index contributed by atoms with van der Waals surface area (Å²) in [5, 5.41) is 2.80. The SMILES string of the molecule is CC(=O)N(CCNC(=O)c1ccc(S(=O)(=O)N2CCCCC2)cc1)C1CC1. The molecule has 1 aromatic rings. The summed E-state index contributed by atoms with van der Waals surface area (Å²) < 4.78 is 26.8. The van der Waals surface area contributed by atoms with E-state index in [1.165, 1.54) is 28.6 Å².